The molecule has 0 bridgehead atoms. The Balaban J connectivity index is 2.14. The van der Waals surface area contributed by atoms with Gasteiger partial charge >= 0.3 is 0 Å². The third-order valence-corrected chi connectivity index (χ3v) is 3.12. The smallest absolute Gasteiger partial charge is 0.233 e. The Morgan fingerprint density at radius 3 is 2.79 bits per heavy atom. The molecule has 3 rings (SSSR count). The van der Waals surface area contributed by atoms with E-state index in [1.165, 1.54) is 12.1 Å². The van der Waals surface area contributed by atoms with Crippen molar-refractivity contribution in [3.05, 3.63) is 54.3 Å². The van der Waals surface area contributed by atoms with Gasteiger partial charge in [0, 0.05) is 13.0 Å². The van der Waals surface area contributed by atoms with Gasteiger partial charge in [0.15, 0.2) is 0 Å². The summed E-state index contributed by atoms with van der Waals surface area (Å²) in [5, 5.41) is 3.21. The van der Waals surface area contributed by atoms with Crippen LogP contribution in [0.4, 0.5) is 21.5 Å². The van der Waals surface area contributed by atoms with Crippen molar-refractivity contribution >= 4 is 23.0 Å². The molecule has 0 spiro atoms. The summed E-state index contributed by atoms with van der Waals surface area (Å²) < 4.78 is 13.4. The van der Waals surface area contributed by atoms with Crippen molar-refractivity contribution in [1.29, 1.82) is 0 Å². The minimum absolute atomic E-state index is 0.0388. The van der Waals surface area contributed by atoms with Crippen LogP contribution in [0.5, 0.6) is 0 Å². The molecular weight excluding hydrogens is 243 g/mol. The minimum atomic E-state index is -0.347. The predicted molar refractivity (Wildman–Crippen MR) is 73.1 cm³/mol. The highest BCUT2D eigenvalue weighted by Crippen LogP contribution is 2.34. The molecule has 1 heterocycles. The van der Waals surface area contributed by atoms with Gasteiger partial charge in [0.25, 0.3) is 0 Å². The number of halogens is 1. The fraction of sp³-hybridized carbons (Fsp3) is 0.133. The maximum absolute atomic E-state index is 13.4. The molecule has 4 heteroatoms. The average Bonchev–Trinajstić information content (AvgIpc) is 2.57. The normalized spacial score (nSPS) is 14.6. The quantitative estimate of drug-likeness (QED) is 0.849. The van der Waals surface area contributed by atoms with Crippen LogP contribution < -0.4 is 10.2 Å². The topological polar surface area (TPSA) is 32.3 Å². The van der Waals surface area contributed by atoms with Gasteiger partial charge in [0.2, 0.25) is 5.91 Å². The lowest BCUT2D eigenvalue weighted by Crippen LogP contribution is -2.25. The Hall–Kier alpha value is -2.36. The van der Waals surface area contributed by atoms with E-state index in [1.807, 2.05) is 24.3 Å². The molecule has 2 aromatic rings. The number of amides is 1. The lowest BCUT2D eigenvalue weighted by atomic mass is 10.2. The van der Waals surface area contributed by atoms with Gasteiger partial charge in [-0.3, -0.25) is 9.69 Å². The van der Waals surface area contributed by atoms with Gasteiger partial charge in [-0.15, -0.1) is 0 Å². The molecule has 19 heavy (non-hydrogen) atoms. The van der Waals surface area contributed by atoms with Crippen LogP contribution in [0, 0.1) is 5.82 Å². The lowest BCUT2D eigenvalue weighted by molar-refractivity contribution is -0.117. The van der Waals surface area contributed by atoms with E-state index in [2.05, 4.69) is 5.32 Å². The highest BCUT2D eigenvalue weighted by Gasteiger charge is 2.23. The summed E-state index contributed by atoms with van der Waals surface area (Å²) in [5.41, 5.74) is 2.20. The summed E-state index contributed by atoms with van der Waals surface area (Å²) in [6.45, 7) is 0.585. The molecule has 2 aromatic carbocycles. The van der Waals surface area contributed by atoms with Crippen LogP contribution in [0.1, 0.15) is 6.42 Å². The van der Waals surface area contributed by atoms with Crippen LogP contribution >= 0.6 is 0 Å². The molecule has 1 N–H and O–H groups in total. The van der Waals surface area contributed by atoms with E-state index in [4.69, 9.17) is 0 Å². The average molecular weight is 256 g/mol. The SMILES string of the molecule is O=C1CCNc2ccccc2N1c1cccc(F)c1. The number of benzene rings is 2. The second kappa shape index (κ2) is 4.72. The number of hydrogen-bond donors (Lipinski definition) is 1. The summed E-state index contributed by atoms with van der Waals surface area (Å²) in [4.78, 5) is 13.8. The van der Waals surface area contributed by atoms with Crippen LogP contribution in [0.2, 0.25) is 0 Å². The number of fused-ring (bicyclic) bond motifs is 1. The largest absolute Gasteiger partial charge is 0.383 e. The zero-order valence-corrected chi connectivity index (χ0v) is 10.3. The first kappa shape index (κ1) is 11.7. The standard InChI is InChI=1S/C15H13FN2O/c16-11-4-3-5-12(10-11)18-14-7-2-1-6-13(14)17-9-8-15(18)19/h1-7,10,17H,8-9H2. The number of rotatable bonds is 1. The minimum Gasteiger partial charge on any atom is -0.383 e. The summed E-state index contributed by atoms with van der Waals surface area (Å²) in [7, 11) is 0. The van der Waals surface area contributed by atoms with E-state index in [9.17, 15) is 9.18 Å². The number of carbonyl (C=O) groups is 1. The van der Waals surface area contributed by atoms with Crippen LogP contribution in [0.25, 0.3) is 0 Å². The van der Waals surface area contributed by atoms with Crippen molar-refractivity contribution in [2.45, 2.75) is 6.42 Å². The fourth-order valence-corrected chi connectivity index (χ4v) is 2.27. The third-order valence-electron chi connectivity index (χ3n) is 3.12. The van der Waals surface area contributed by atoms with E-state index < -0.39 is 0 Å². The van der Waals surface area contributed by atoms with Gasteiger partial charge in [-0.1, -0.05) is 18.2 Å². The number of para-hydroxylation sites is 2. The second-order valence-electron chi connectivity index (χ2n) is 4.40. The molecule has 96 valence electrons. The molecule has 0 fully saturated rings. The monoisotopic (exact) mass is 256 g/mol. The highest BCUT2D eigenvalue weighted by atomic mass is 19.1. The van der Waals surface area contributed by atoms with Crippen molar-refractivity contribution in [2.75, 3.05) is 16.8 Å². The number of nitrogens with zero attached hydrogens (tertiary/aromatic N) is 1. The molecule has 1 amide bonds. The van der Waals surface area contributed by atoms with Gasteiger partial charge in [-0.25, -0.2) is 4.39 Å². The van der Waals surface area contributed by atoms with E-state index in [1.54, 1.807) is 17.0 Å². The predicted octanol–water partition coefficient (Wildman–Crippen LogP) is 3.31. The second-order valence-corrected chi connectivity index (χ2v) is 4.40. The summed E-state index contributed by atoms with van der Waals surface area (Å²) >= 11 is 0. The summed E-state index contributed by atoms with van der Waals surface area (Å²) in [6, 6.07) is 13.6. The molecule has 0 atom stereocenters. The highest BCUT2D eigenvalue weighted by molar-refractivity contribution is 6.04. The Morgan fingerprint density at radius 1 is 1.11 bits per heavy atom. The Morgan fingerprint density at radius 2 is 1.95 bits per heavy atom. The van der Waals surface area contributed by atoms with Crippen LogP contribution in [0.15, 0.2) is 48.5 Å². The third kappa shape index (κ3) is 2.17. The van der Waals surface area contributed by atoms with E-state index in [-0.39, 0.29) is 11.7 Å². The Labute approximate surface area is 110 Å². The first-order valence-electron chi connectivity index (χ1n) is 6.17. The molecule has 0 unspecified atom stereocenters. The lowest BCUT2D eigenvalue weighted by Gasteiger charge is -2.22. The molecule has 0 saturated carbocycles. The van der Waals surface area contributed by atoms with Gasteiger partial charge in [0.05, 0.1) is 17.1 Å². The molecule has 0 aliphatic carbocycles. The molecule has 0 aromatic heterocycles. The van der Waals surface area contributed by atoms with Gasteiger partial charge in [-0.05, 0) is 30.3 Å². The van der Waals surface area contributed by atoms with Gasteiger partial charge < -0.3 is 5.32 Å². The number of anilines is 3. The first-order chi connectivity index (χ1) is 9.25. The number of hydrogen-bond acceptors (Lipinski definition) is 2. The molecule has 0 saturated heterocycles. The Bertz CT molecular complexity index is 627. The number of carbonyl (C=O) groups excluding carboxylic acids is 1. The molecule has 0 radical (unpaired) electrons. The maximum atomic E-state index is 13.4. The zero-order valence-electron chi connectivity index (χ0n) is 10.3. The van der Waals surface area contributed by atoms with Crippen LogP contribution in [0.3, 0.4) is 0 Å². The van der Waals surface area contributed by atoms with Crippen molar-refractivity contribution in [2.24, 2.45) is 0 Å². The van der Waals surface area contributed by atoms with Crippen LogP contribution in [-0.2, 0) is 4.79 Å². The molecule has 1 aliphatic rings. The van der Waals surface area contributed by atoms with E-state index in [0.29, 0.717) is 18.7 Å². The van der Waals surface area contributed by atoms with Crippen LogP contribution in [-0.4, -0.2) is 12.5 Å². The van der Waals surface area contributed by atoms with Crippen molar-refractivity contribution in [3.8, 4) is 0 Å². The van der Waals surface area contributed by atoms with Crippen molar-refractivity contribution < 1.29 is 9.18 Å². The van der Waals surface area contributed by atoms with Gasteiger partial charge in [-0.2, -0.15) is 0 Å². The summed E-state index contributed by atoms with van der Waals surface area (Å²) in [5.74, 6) is -0.386. The van der Waals surface area contributed by atoms with E-state index in [0.717, 1.165) is 11.4 Å². The molecule has 3 nitrogen and oxygen atoms in total. The van der Waals surface area contributed by atoms with Gasteiger partial charge in [0.1, 0.15) is 5.82 Å². The van der Waals surface area contributed by atoms with E-state index >= 15 is 0 Å². The summed E-state index contributed by atoms with van der Waals surface area (Å²) in [6.07, 6.45) is 0.380. The zero-order chi connectivity index (χ0) is 13.2. The molecule has 1 aliphatic heterocycles. The Kier molecular flexibility index (Phi) is 2.91. The number of nitrogens with one attached hydrogen (secondary N) is 1. The van der Waals surface area contributed by atoms with Crippen molar-refractivity contribution in [1.82, 2.24) is 0 Å². The molecular formula is C15H13FN2O. The fourth-order valence-electron chi connectivity index (χ4n) is 2.27. The first-order valence-corrected chi connectivity index (χ1v) is 6.17. The van der Waals surface area contributed by atoms with Crippen molar-refractivity contribution in [3.63, 3.8) is 0 Å². The maximum Gasteiger partial charge on any atom is 0.233 e.